The Bertz CT molecular complexity index is 1120. The Balaban J connectivity index is 1.38. The van der Waals surface area contributed by atoms with Gasteiger partial charge in [0, 0.05) is 22.9 Å². The predicted molar refractivity (Wildman–Crippen MR) is 111 cm³/mol. The van der Waals surface area contributed by atoms with Gasteiger partial charge < -0.3 is 19.2 Å². The molecule has 1 N–H and O–H groups in total. The van der Waals surface area contributed by atoms with Gasteiger partial charge in [0.2, 0.25) is 5.89 Å². The van der Waals surface area contributed by atoms with Gasteiger partial charge in [-0.1, -0.05) is 24.3 Å². The Morgan fingerprint density at radius 3 is 2.50 bits per heavy atom. The van der Waals surface area contributed by atoms with E-state index in [9.17, 15) is 4.79 Å². The summed E-state index contributed by atoms with van der Waals surface area (Å²) in [6, 6.07) is 23.5. The molecule has 1 heterocycles. The summed E-state index contributed by atoms with van der Waals surface area (Å²) in [5.74, 6) is 1.89. The molecule has 7 heteroatoms. The van der Waals surface area contributed by atoms with E-state index in [4.69, 9.17) is 13.9 Å². The fraction of sp³-hybridized carbons (Fsp3) is 0.0870. The lowest BCUT2D eigenvalue weighted by atomic mass is 10.2. The first-order valence-electron chi connectivity index (χ1n) is 9.27. The van der Waals surface area contributed by atoms with Gasteiger partial charge in [-0.2, -0.15) is 0 Å². The van der Waals surface area contributed by atoms with Crippen LogP contribution in [0.5, 0.6) is 11.5 Å². The van der Waals surface area contributed by atoms with Gasteiger partial charge in [0.25, 0.3) is 11.8 Å². The third kappa shape index (κ3) is 4.64. The van der Waals surface area contributed by atoms with Crippen molar-refractivity contribution < 1.29 is 18.7 Å². The quantitative estimate of drug-likeness (QED) is 0.488. The first kappa shape index (κ1) is 19.2. The second-order valence-corrected chi connectivity index (χ2v) is 6.37. The molecule has 4 rings (SSSR count). The molecule has 0 saturated heterocycles. The van der Waals surface area contributed by atoms with Gasteiger partial charge in [0.15, 0.2) is 6.61 Å². The van der Waals surface area contributed by atoms with E-state index in [1.807, 2.05) is 42.5 Å². The van der Waals surface area contributed by atoms with Crippen LogP contribution < -0.4 is 14.8 Å². The highest BCUT2D eigenvalue weighted by Crippen LogP contribution is 2.23. The number of aromatic nitrogens is 2. The summed E-state index contributed by atoms with van der Waals surface area (Å²) in [6.45, 7) is 0.110. The lowest BCUT2D eigenvalue weighted by Crippen LogP contribution is -2.11. The minimum atomic E-state index is -0.186. The van der Waals surface area contributed by atoms with Crippen molar-refractivity contribution in [2.75, 3.05) is 12.4 Å². The van der Waals surface area contributed by atoms with Gasteiger partial charge in [-0.05, 0) is 48.5 Å². The van der Waals surface area contributed by atoms with Crippen LogP contribution in [0.15, 0.2) is 83.3 Å². The highest BCUT2D eigenvalue weighted by atomic mass is 16.5. The molecule has 4 aromatic rings. The van der Waals surface area contributed by atoms with Crippen LogP contribution in [0.1, 0.15) is 16.2 Å². The number of hydrogen-bond acceptors (Lipinski definition) is 6. The second-order valence-electron chi connectivity index (χ2n) is 6.37. The van der Waals surface area contributed by atoms with E-state index in [2.05, 4.69) is 15.5 Å². The van der Waals surface area contributed by atoms with Crippen molar-refractivity contribution in [3.05, 3.63) is 90.3 Å². The Morgan fingerprint density at radius 2 is 1.73 bits per heavy atom. The average molecular weight is 401 g/mol. The molecule has 0 atom stereocenters. The number of anilines is 1. The molecule has 0 aliphatic rings. The first-order chi connectivity index (χ1) is 14.7. The zero-order valence-corrected chi connectivity index (χ0v) is 16.2. The van der Waals surface area contributed by atoms with Crippen molar-refractivity contribution in [2.24, 2.45) is 0 Å². The van der Waals surface area contributed by atoms with Gasteiger partial charge in [-0.25, -0.2) is 0 Å². The molecule has 0 bridgehead atoms. The number of benzene rings is 3. The molecule has 1 amide bonds. The first-order valence-corrected chi connectivity index (χ1v) is 9.27. The summed E-state index contributed by atoms with van der Waals surface area (Å²) in [5, 5.41) is 10.9. The summed E-state index contributed by atoms with van der Waals surface area (Å²) in [5.41, 5.74) is 2.01. The second kappa shape index (κ2) is 8.91. The summed E-state index contributed by atoms with van der Waals surface area (Å²) in [7, 11) is 1.61. The number of amides is 1. The van der Waals surface area contributed by atoms with Gasteiger partial charge in [-0.3, -0.25) is 4.79 Å². The zero-order valence-electron chi connectivity index (χ0n) is 16.2. The molecule has 0 aliphatic carbocycles. The van der Waals surface area contributed by atoms with Crippen LogP contribution in [-0.2, 0) is 6.61 Å². The van der Waals surface area contributed by atoms with E-state index in [1.54, 1.807) is 43.5 Å². The molecule has 0 saturated carbocycles. The molecule has 0 fully saturated rings. The fourth-order valence-corrected chi connectivity index (χ4v) is 2.76. The van der Waals surface area contributed by atoms with E-state index < -0.39 is 0 Å². The third-order valence-electron chi connectivity index (χ3n) is 4.29. The van der Waals surface area contributed by atoms with Crippen molar-refractivity contribution in [1.29, 1.82) is 0 Å². The minimum absolute atomic E-state index is 0.110. The molecular formula is C23H19N3O4. The van der Waals surface area contributed by atoms with Crippen LogP contribution in [0, 0.1) is 0 Å². The molecule has 0 unspecified atom stereocenters. The number of carbonyl (C=O) groups excluding carboxylic acids is 1. The zero-order chi connectivity index (χ0) is 20.8. The van der Waals surface area contributed by atoms with Crippen molar-refractivity contribution in [3.8, 4) is 23.0 Å². The summed E-state index contributed by atoms with van der Waals surface area (Å²) >= 11 is 0. The SMILES string of the molecule is COc1ccc(-c2nnc(COc3cccc(NC(=O)c4ccccc4)c3)o2)cc1. The van der Waals surface area contributed by atoms with E-state index in [-0.39, 0.29) is 12.5 Å². The highest BCUT2D eigenvalue weighted by Gasteiger charge is 2.10. The van der Waals surface area contributed by atoms with Crippen LogP contribution in [0.4, 0.5) is 5.69 Å². The standard InChI is InChI=1S/C23H19N3O4/c1-28-19-12-10-17(11-13-19)23-26-25-21(30-23)15-29-20-9-5-8-18(14-20)24-22(27)16-6-3-2-4-7-16/h2-14H,15H2,1H3,(H,24,27). The van der Waals surface area contributed by atoms with Crippen molar-refractivity contribution in [1.82, 2.24) is 10.2 Å². The van der Waals surface area contributed by atoms with E-state index >= 15 is 0 Å². The lowest BCUT2D eigenvalue weighted by molar-refractivity contribution is 0.102. The monoisotopic (exact) mass is 401 g/mol. The fourth-order valence-electron chi connectivity index (χ4n) is 2.76. The summed E-state index contributed by atoms with van der Waals surface area (Å²) in [6.07, 6.45) is 0. The van der Waals surface area contributed by atoms with Gasteiger partial charge in [0.1, 0.15) is 11.5 Å². The molecule has 3 aromatic carbocycles. The minimum Gasteiger partial charge on any atom is -0.497 e. The number of hydrogen-bond donors (Lipinski definition) is 1. The number of carbonyl (C=O) groups is 1. The number of methoxy groups -OCH3 is 1. The number of ether oxygens (including phenoxy) is 2. The Hall–Kier alpha value is -4.13. The Labute approximate surface area is 173 Å². The Morgan fingerprint density at radius 1 is 0.933 bits per heavy atom. The van der Waals surface area contributed by atoms with Crippen LogP contribution >= 0.6 is 0 Å². The molecular weight excluding hydrogens is 382 g/mol. The van der Waals surface area contributed by atoms with E-state index in [0.29, 0.717) is 28.8 Å². The molecule has 30 heavy (non-hydrogen) atoms. The Kier molecular flexibility index (Phi) is 5.70. The predicted octanol–water partition coefficient (Wildman–Crippen LogP) is 4.58. The molecule has 0 radical (unpaired) electrons. The van der Waals surface area contributed by atoms with Gasteiger partial charge in [0.05, 0.1) is 7.11 Å². The van der Waals surface area contributed by atoms with Gasteiger partial charge in [-0.15, -0.1) is 10.2 Å². The summed E-state index contributed by atoms with van der Waals surface area (Å²) < 4.78 is 16.5. The maximum Gasteiger partial charge on any atom is 0.255 e. The van der Waals surface area contributed by atoms with Crippen LogP contribution in [0.3, 0.4) is 0 Å². The molecule has 1 aromatic heterocycles. The van der Waals surface area contributed by atoms with E-state index in [1.165, 1.54) is 0 Å². The highest BCUT2D eigenvalue weighted by molar-refractivity contribution is 6.04. The van der Waals surface area contributed by atoms with Crippen molar-refractivity contribution >= 4 is 11.6 Å². The van der Waals surface area contributed by atoms with E-state index in [0.717, 1.165) is 11.3 Å². The molecule has 7 nitrogen and oxygen atoms in total. The maximum absolute atomic E-state index is 12.3. The molecule has 0 spiro atoms. The van der Waals surface area contributed by atoms with Crippen LogP contribution in [-0.4, -0.2) is 23.2 Å². The van der Waals surface area contributed by atoms with Crippen molar-refractivity contribution in [2.45, 2.75) is 6.61 Å². The normalized spacial score (nSPS) is 10.4. The largest absolute Gasteiger partial charge is 0.497 e. The third-order valence-corrected chi connectivity index (χ3v) is 4.29. The molecule has 150 valence electrons. The number of nitrogens with one attached hydrogen (secondary N) is 1. The molecule has 0 aliphatic heterocycles. The lowest BCUT2D eigenvalue weighted by Gasteiger charge is -2.08. The van der Waals surface area contributed by atoms with Crippen molar-refractivity contribution in [3.63, 3.8) is 0 Å². The van der Waals surface area contributed by atoms with Crippen LogP contribution in [0.25, 0.3) is 11.5 Å². The maximum atomic E-state index is 12.3. The topological polar surface area (TPSA) is 86.5 Å². The van der Waals surface area contributed by atoms with Gasteiger partial charge >= 0.3 is 0 Å². The number of nitrogens with zero attached hydrogens (tertiary/aromatic N) is 2. The smallest absolute Gasteiger partial charge is 0.255 e. The average Bonchev–Trinajstić information content (AvgIpc) is 3.28. The number of rotatable bonds is 7. The summed E-state index contributed by atoms with van der Waals surface area (Å²) in [4.78, 5) is 12.3. The van der Waals surface area contributed by atoms with Crippen LogP contribution in [0.2, 0.25) is 0 Å².